The Bertz CT molecular complexity index is 895. The molecule has 1 heterocycles. The van der Waals surface area contributed by atoms with Crippen LogP contribution in [0.2, 0.25) is 0 Å². The Labute approximate surface area is 170 Å². The zero-order valence-electron chi connectivity index (χ0n) is 16.5. The van der Waals surface area contributed by atoms with E-state index in [0.29, 0.717) is 16.8 Å². The van der Waals surface area contributed by atoms with E-state index in [4.69, 9.17) is 0 Å². The van der Waals surface area contributed by atoms with E-state index in [1.54, 1.807) is 0 Å². The number of carbonyl (C=O) groups excluding carboxylic acids is 1. The van der Waals surface area contributed by atoms with Crippen molar-refractivity contribution in [3.63, 3.8) is 0 Å². The van der Waals surface area contributed by atoms with Crippen LogP contribution in [-0.2, 0) is 4.79 Å². The van der Waals surface area contributed by atoms with E-state index in [-0.39, 0.29) is 11.9 Å². The fraction of sp³-hybridized carbons (Fsp3) is 0.318. The third-order valence-electron chi connectivity index (χ3n) is 4.90. The molecule has 0 bridgehead atoms. The molecule has 2 atom stereocenters. The highest BCUT2D eigenvalue weighted by molar-refractivity contribution is 7.99. The minimum absolute atomic E-state index is 0.0154. The van der Waals surface area contributed by atoms with Crippen molar-refractivity contribution in [3.8, 4) is 17.1 Å². The summed E-state index contributed by atoms with van der Waals surface area (Å²) in [4.78, 5) is 12.4. The number of benzene rings is 2. The van der Waals surface area contributed by atoms with Gasteiger partial charge in [-0.25, -0.2) is 0 Å². The Kier molecular flexibility index (Phi) is 6.87. The molecule has 0 aliphatic heterocycles. The molecule has 0 saturated carbocycles. The van der Waals surface area contributed by atoms with Crippen molar-refractivity contribution in [2.45, 2.75) is 38.4 Å². The van der Waals surface area contributed by atoms with E-state index < -0.39 is 0 Å². The third kappa shape index (κ3) is 4.81. The molecule has 5 nitrogen and oxygen atoms in total. The van der Waals surface area contributed by atoms with Gasteiger partial charge in [0.15, 0.2) is 11.0 Å². The van der Waals surface area contributed by atoms with Crippen LogP contribution in [0.1, 0.15) is 27.2 Å². The maximum absolute atomic E-state index is 12.4. The first kappa shape index (κ1) is 20.1. The van der Waals surface area contributed by atoms with Gasteiger partial charge in [-0.15, -0.1) is 10.2 Å². The standard InChI is InChI=1S/C22H26N4OS/c1-4-16(2)17(3)23-20(27)15-28-22-25-24-21(18-11-7-5-8-12-18)26(22)19-13-9-6-10-14-19/h5-14,16-17H,4,15H2,1-3H3,(H,23,27)/t16-,17+/m1/s1. The van der Waals surface area contributed by atoms with Crippen molar-refractivity contribution in [1.82, 2.24) is 20.1 Å². The van der Waals surface area contributed by atoms with Crippen LogP contribution in [0, 0.1) is 5.92 Å². The second-order valence-corrected chi connectivity index (χ2v) is 7.82. The van der Waals surface area contributed by atoms with Crippen molar-refractivity contribution < 1.29 is 4.79 Å². The monoisotopic (exact) mass is 394 g/mol. The van der Waals surface area contributed by atoms with Crippen LogP contribution in [0.5, 0.6) is 0 Å². The number of nitrogens with zero attached hydrogens (tertiary/aromatic N) is 3. The summed E-state index contributed by atoms with van der Waals surface area (Å²) in [6, 6.07) is 20.1. The fourth-order valence-corrected chi connectivity index (χ4v) is 3.63. The number of para-hydroxylation sites is 1. The highest BCUT2D eigenvalue weighted by atomic mass is 32.2. The third-order valence-corrected chi connectivity index (χ3v) is 5.83. The van der Waals surface area contributed by atoms with E-state index in [1.807, 2.05) is 65.2 Å². The maximum Gasteiger partial charge on any atom is 0.230 e. The van der Waals surface area contributed by atoms with Crippen molar-refractivity contribution >= 4 is 17.7 Å². The zero-order chi connectivity index (χ0) is 19.9. The molecule has 2 aromatic carbocycles. The highest BCUT2D eigenvalue weighted by Gasteiger charge is 2.18. The van der Waals surface area contributed by atoms with Crippen molar-refractivity contribution in [2.75, 3.05) is 5.75 Å². The van der Waals surface area contributed by atoms with Gasteiger partial charge in [-0.1, -0.05) is 80.6 Å². The summed E-state index contributed by atoms with van der Waals surface area (Å²) in [5.41, 5.74) is 1.96. The molecule has 0 fully saturated rings. The van der Waals surface area contributed by atoms with Crippen molar-refractivity contribution in [2.24, 2.45) is 5.92 Å². The number of thioether (sulfide) groups is 1. The molecule has 6 heteroatoms. The van der Waals surface area contributed by atoms with Gasteiger partial charge in [0.2, 0.25) is 5.91 Å². The number of carbonyl (C=O) groups is 1. The molecule has 0 saturated heterocycles. The summed E-state index contributed by atoms with van der Waals surface area (Å²) < 4.78 is 2.01. The summed E-state index contributed by atoms with van der Waals surface area (Å²) in [7, 11) is 0. The molecule has 1 amide bonds. The molecule has 0 unspecified atom stereocenters. The van der Waals surface area contributed by atoms with Gasteiger partial charge in [0, 0.05) is 17.3 Å². The number of amides is 1. The van der Waals surface area contributed by atoms with Gasteiger partial charge in [-0.05, 0) is 25.0 Å². The molecule has 0 aliphatic carbocycles. The smallest absolute Gasteiger partial charge is 0.230 e. The number of nitrogens with one attached hydrogen (secondary N) is 1. The lowest BCUT2D eigenvalue weighted by Gasteiger charge is -2.19. The van der Waals surface area contributed by atoms with Crippen LogP contribution in [0.4, 0.5) is 0 Å². The Morgan fingerprint density at radius 3 is 2.32 bits per heavy atom. The molecule has 1 N–H and O–H groups in total. The summed E-state index contributed by atoms with van der Waals surface area (Å²) >= 11 is 1.40. The predicted molar refractivity (Wildman–Crippen MR) is 115 cm³/mol. The lowest BCUT2D eigenvalue weighted by atomic mass is 10.0. The molecular weight excluding hydrogens is 368 g/mol. The topological polar surface area (TPSA) is 59.8 Å². The van der Waals surface area contributed by atoms with Gasteiger partial charge in [0.25, 0.3) is 0 Å². The molecule has 3 rings (SSSR count). The van der Waals surface area contributed by atoms with E-state index in [9.17, 15) is 4.79 Å². The highest BCUT2D eigenvalue weighted by Crippen LogP contribution is 2.27. The van der Waals surface area contributed by atoms with E-state index in [0.717, 1.165) is 23.5 Å². The van der Waals surface area contributed by atoms with Gasteiger partial charge >= 0.3 is 0 Å². The number of aromatic nitrogens is 3. The number of rotatable bonds is 8. The van der Waals surface area contributed by atoms with E-state index >= 15 is 0 Å². The Morgan fingerprint density at radius 2 is 1.68 bits per heavy atom. The number of hydrogen-bond donors (Lipinski definition) is 1. The normalized spacial score (nSPS) is 13.1. The average Bonchev–Trinajstić information content (AvgIpc) is 3.16. The van der Waals surface area contributed by atoms with Crippen molar-refractivity contribution in [3.05, 3.63) is 60.7 Å². The lowest BCUT2D eigenvalue weighted by Crippen LogP contribution is -2.37. The molecule has 146 valence electrons. The van der Waals surface area contributed by atoms with Gasteiger partial charge in [-0.2, -0.15) is 0 Å². The fourth-order valence-electron chi connectivity index (χ4n) is 2.87. The molecular formula is C22H26N4OS. The molecule has 3 aromatic rings. The molecule has 28 heavy (non-hydrogen) atoms. The van der Waals surface area contributed by atoms with Crippen LogP contribution in [0.15, 0.2) is 65.8 Å². The predicted octanol–water partition coefficient (Wildman–Crippen LogP) is 4.58. The van der Waals surface area contributed by atoms with Crippen LogP contribution in [0.3, 0.4) is 0 Å². The second kappa shape index (κ2) is 9.55. The second-order valence-electron chi connectivity index (χ2n) is 6.87. The van der Waals surface area contributed by atoms with Gasteiger partial charge < -0.3 is 5.32 Å². The summed E-state index contributed by atoms with van der Waals surface area (Å²) in [6.45, 7) is 6.34. The molecule has 1 aromatic heterocycles. The quantitative estimate of drug-likeness (QED) is 0.568. The zero-order valence-corrected chi connectivity index (χ0v) is 17.3. The van der Waals surface area contributed by atoms with Gasteiger partial charge in [0.1, 0.15) is 0 Å². The first-order valence-corrected chi connectivity index (χ1v) is 10.6. The first-order chi connectivity index (χ1) is 13.6. The Morgan fingerprint density at radius 1 is 1.04 bits per heavy atom. The number of hydrogen-bond acceptors (Lipinski definition) is 4. The van der Waals surface area contributed by atoms with Crippen LogP contribution >= 0.6 is 11.8 Å². The van der Waals surface area contributed by atoms with Gasteiger partial charge in [0.05, 0.1) is 5.75 Å². The van der Waals surface area contributed by atoms with Crippen LogP contribution in [-0.4, -0.2) is 32.5 Å². The van der Waals surface area contributed by atoms with Crippen molar-refractivity contribution in [1.29, 1.82) is 0 Å². The summed E-state index contributed by atoms with van der Waals surface area (Å²) in [5.74, 6) is 1.54. The largest absolute Gasteiger partial charge is 0.353 e. The Balaban J connectivity index is 1.82. The summed E-state index contributed by atoms with van der Waals surface area (Å²) in [5, 5.41) is 12.6. The molecule has 0 aliphatic rings. The van der Waals surface area contributed by atoms with E-state index in [2.05, 4.69) is 36.3 Å². The SMILES string of the molecule is CC[C@@H](C)[C@H](C)NC(=O)CSc1nnc(-c2ccccc2)n1-c1ccccc1. The maximum atomic E-state index is 12.4. The lowest BCUT2D eigenvalue weighted by molar-refractivity contribution is -0.119. The summed E-state index contributed by atoms with van der Waals surface area (Å²) in [6.07, 6.45) is 1.04. The molecule has 0 spiro atoms. The van der Waals surface area contributed by atoms with E-state index in [1.165, 1.54) is 11.8 Å². The minimum Gasteiger partial charge on any atom is -0.353 e. The van der Waals surface area contributed by atoms with Crippen LogP contribution in [0.25, 0.3) is 17.1 Å². The Hall–Kier alpha value is -2.60. The first-order valence-electron chi connectivity index (χ1n) is 9.58. The average molecular weight is 395 g/mol. The van der Waals surface area contributed by atoms with Crippen LogP contribution < -0.4 is 5.32 Å². The van der Waals surface area contributed by atoms with Gasteiger partial charge in [-0.3, -0.25) is 9.36 Å². The minimum atomic E-state index is 0.0154. The molecule has 0 radical (unpaired) electrons.